The Kier molecular flexibility index (Phi) is 10.4. The van der Waals surface area contributed by atoms with Gasteiger partial charge in [0.2, 0.25) is 0 Å². The number of aromatic nitrogens is 1. The summed E-state index contributed by atoms with van der Waals surface area (Å²) in [5, 5.41) is 4.26. The number of rotatable bonds is 15. The summed E-state index contributed by atoms with van der Waals surface area (Å²) in [6.45, 7) is 1.78. The number of benzene rings is 4. The third-order valence-electron chi connectivity index (χ3n) is 8.51. The molecule has 1 amide bonds. The third-order valence-corrected chi connectivity index (χ3v) is 8.51. The average molecular weight is 642 g/mol. The van der Waals surface area contributed by atoms with Gasteiger partial charge in [-0.25, -0.2) is 9.78 Å². The maximum Gasteiger partial charge on any atom is 0.328 e. The second-order valence-corrected chi connectivity index (χ2v) is 12.1. The van der Waals surface area contributed by atoms with E-state index in [-0.39, 0.29) is 11.7 Å². The van der Waals surface area contributed by atoms with Gasteiger partial charge in [0.05, 0.1) is 19.2 Å². The lowest BCUT2D eigenvalue weighted by Gasteiger charge is -2.22. The number of hydrogen-bond donors (Lipinski definition) is 1. The second-order valence-electron chi connectivity index (χ2n) is 12.1. The highest BCUT2D eigenvalue weighted by Gasteiger charge is 2.28. The number of hydrogen-bond acceptors (Lipinski definition) is 7. The number of nitrogens with one attached hydrogen (secondary N) is 1. The van der Waals surface area contributed by atoms with Crippen LogP contribution in [-0.2, 0) is 16.0 Å². The van der Waals surface area contributed by atoms with Crippen LogP contribution in [0.2, 0.25) is 0 Å². The monoisotopic (exact) mass is 641 g/mol. The lowest BCUT2D eigenvalue weighted by atomic mass is 10.00. The van der Waals surface area contributed by atoms with Gasteiger partial charge in [0, 0.05) is 41.7 Å². The molecule has 1 atom stereocenters. The number of pyridine rings is 1. The molecule has 0 saturated heterocycles. The highest BCUT2D eigenvalue weighted by atomic mass is 16.5. The number of ether oxygens (including phenoxy) is 2. The van der Waals surface area contributed by atoms with Crippen molar-refractivity contribution in [3.63, 3.8) is 0 Å². The minimum absolute atomic E-state index is 0.0437. The second kappa shape index (κ2) is 15.4. The molecule has 5 aromatic rings. The Morgan fingerprint density at radius 3 is 2.35 bits per heavy atom. The summed E-state index contributed by atoms with van der Waals surface area (Å²) in [6, 6.07) is 34.7. The van der Waals surface area contributed by atoms with Crippen LogP contribution < -0.4 is 10.1 Å². The predicted molar refractivity (Wildman–Crippen MR) is 186 cm³/mol. The largest absolute Gasteiger partial charge is 0.494 e. The Morgan fingerprint density at radius 1 is 0.854 bits per heavy atom. The van der Waals surface area contributed by atoms with E-state index in [0.717, 1.165) is 35.9 Å². The van der Waals surface area contributed by atoms with E-state index < -0.39 is 12.0 Å². The molecule has 1 aliphatic rings. The Balaban J connectivity index is 1.04. The molecule has 0 radical (unpaired) electrons. The van der Waals surface area contributed by atoms with Crippen LogP contribution in [-0.4, -0.2) is 60.4 Å². The van der Waals surface area contributed by atoms with E-state index in [1.807, 2.05) is 89.8 Å². The molecule has 1 unspecified atom stereocenters. The third kappa shape index (κ3) is 8.25. The van der Waals surface area contributed by atoms with Crippen molar-refractivity contribution in [2.24, 2.45) is 5.92 Å². The van der Waals surface area contributed by atoms with Gasteiger partial charge in [-0.05, 0) is 67.1 Å². The number of nitrogens with zero attached hydrogens (tertiary/aromatic N) is 2. The van der Waals surface area contributed by atoms with Crippen LogP contribution in [0.4, 0.5) is 5.69 Å². The molecule has 1 aliphatic carbocycles. The van der Waals surface area contributed by atoms with Crippen molar-refractivity contribution in [2.45, 2.75) is 31.7 Å². The predicted octanol–water partition coefficient (Wildman–Crippen LogP) is 6.98. The molecule has 1 aromatic heterocycles. The molecule has 48 heavy (non-hydrogen) atoms. The number of esters is 1. The smallest absolute Gasteiger partial charge is 0.328 e. The molecule has 8 heteroatoms. The van der Waals surface area contributed by atoms with Crippen molar-refractivity contribution in [2.75, 3.05) is 32.1 Å². The van der Waals surface area contributed by atoms with Gasteiger partial charge in [0.1, 0.15) is 17.5 Å². The summed E-state index contributed by atoms with van der Waals surface area (Å²) < 4.78 is 11.1. The first-order valence-corrected chi connectivity index (χ1v) is 16.4. The van der Waals surface area contributed by atoms with Crippen LogP contribution >= 0.6 is 0 Å². The Labute approximate surface area is 280 Å². The summed E-state index contributed by atoms with van der Waals surface area (Å²) in [5.74, 6) is 0.661. The molecule has 1 fully saturated rings. The minimum Gasteiger partial charge on any atom is -0.494 e. The van der Waals surface area contributed by atoms with Crippen LogP contribution in [0.1, 0.15) is 51.2 Å². The molecule has 1 N–H and O–H groups in total. The number of para-hydroxylation sites is 2. The lowest BCUT2D eigenvalue weighted by Crippen LogP contribution is -2.35. The normalized spacial score (nSPS) is 13.0. The summed E-state index contributed by atoms with van der Waals surface area (Å²) in [4.78, 5) is 46.0. The fourth-order valence-corrected chi connectivity index (χ4v) is 5.71. The van der Waals surface area contributed by atoms with E-state index >= 15 is 0 Å². The van der Waals surface area contributed by atoms with Gasteiger partial charge in [-0.2, -0.15) is 0 Å². The molecule has 4 aromatic carbocycles. The number of carbonyl (C=O) groups excluding carboxylic acids is 3. The van der Waals surface area contributed by atoms with Gasteiger partial charge in [-0.15, -0.1) is 0 Å². The van der Waals surface area contributed by atoms with Gasteiger partial charge < -0.3 is 19.7 Å². The van der Waals surface area contributed by atoms with E-state index in [2.05, 4.69) is 10.3 Å². The zero-order valence-electron chi connectivity index (χ0n) is 27.0. The van der Waals surface area contributed by atoms with Gasteiger partial charge in [0.15, 0.2) is 5.78 Å². The maximum absolute atomic E-state index is 13.4. The maximum atomic E-state index is 13.4. The summed E-state index contributed by atoms with van der Waals surface area (Å²) in [7, 11) is 1.35. The number of ketones is 1. The first kappa shape index (κ1) is 32.4. The Hall–Kier alpha value is -5.50. The molecule has 244 valence electrons. The number of anilines is 1. The van der Waals surface area contributed by atoms with Crippen LogP contribution in [0, 0.1) is 5.92 Å². The van der Waals surface area contributed by atoms with Crippen LogP contribution in [0.15, 0.2) is 115 Å². The van der Waals surface area contributed by atoms with E-state index in [1.54, 1.807) is 30.3 Å². The molecule has 0 spiro atoms. The van der Waals surface area contributed by atoms with Crippen molar-refractivity contribution < 1.29 is 23.9 Å². The van der Waals surface area contributed by atoms with Crippen LogP contribution in [0.25, 0.3) is 10.9 Å². The van der Waals surface area contributed by atoms with E-state index in [4.69, 9.17) is 9.47 Å². The molecule has 1 saturated carbocycles. The lowest BCUT2D eigenvalue weighted by molar-refractivity contribution is -0.141. The molecule has 1 heterocycles. The highest BCUT2D eigenvalue weighted by molar-refractivity contribution is 6.12. The van der Waals surface area contributed by atoms with E-state index in [9.17, 15) is 14.4 Å². The first-order chi connectivity index (χ1) is 23.5. The van der Waals surface area contributed by atoms with Crippen molar-refractivity contribution in [3.8, 4) is 5.75 Å². The number of methoxy groups -OCH3 is 1. The average Bonchev–Trinajstić information content (AvgIpc) is 3.97. The van der Waals surface area contributed by atoms with Crippen LogP contribution in [0.5, 0.6) is 5.75 Å². The zero-order chi connectivity index (χ0) is 33.3. The van der Waals surface area contributed by atoms with Gasteiger partial charge in [-0.1, -0.05) is 78.9 Å². The van der Waals surface area contributed by atoms with Crippen molar-refractivity contribution in [3.05, 3.63) is 138 Å². The standard InChI is InChI=1S/C40H39N3O5/c1-47-40(46)37(42-35-15-8-6-13-33(35)38(44)31-11-3-2-4-12-31)26-28-18-21-32(22-19-28)48-25-9-24-43(27-29-16-17-29)39(45)36-23-20-30-10-5-7-14-34(30)41-36/h2-8,10-15,18-23,29,37,42H,9,16-17,24-27H2,1H3. The van der Waals surface area contributed by atoms with Crippen molar-refractivity contribution in [1.29, 1.82) is 0 Å². The number of carbonyl (C=O) groups is 3. The minimum atomic E-state index is -0.710. The molecular formula is C40H39N3O5. The number of amides is 1. The number of fused-ring (bicyclic) bond motifs is 1. The fraction of sp³-hybridized carbons (Fsp3) is 0.250. The van der Waals surface area contributed by atoms with E-state index in [0.29, 0.717) is 60.2 Å². The Bertz CT molecular complexity index is 1870. The van der Waals surface area contributed by atoms with Gasteiger partial charge in [-0.3, -0.25) is 9.59 Å². The molecular weight excluding hydrogens is 602 g/mol. The van der Waals surface area contributed by atoms with Gasteiger partial charge >= 0.3 is 5.97 Å². The Morgan fingerprint density at radius 2 is 1.58 bits per heavy atom. The van der Waals surface area contributed by atoms with Crippen molar-refractivity contribution >= 4 is 34.3 Å². The van der Waals surface area contributed by atoms with Crippen molar-refractivity contribution in [1.82, 2.24) is 9.88 Å². The molecule has 6 rings (SSSR count). The first-order valence-electron chi connectivity index (χ1n) is 16.4. The molecule has 0 bridgehead atoms. The molecule has 8 nitrogen and oxygen atoms in total. The summed E-state index contributed by atoms with van der Waals surface area (Å²) >= 11 is 0. The van der Waals surface area contributed by atoms with Crippen LogP contribution in [0.3, 0.4) is 0 Å². The molecule has 0 aliphatic heterocycles. The van der Waals surface area contributed by atoms with E-state index in [1.165, 1.54) is 7.11 Å². The topological polar surface area (TPSA) is 97.8 Å². The summed E-state index contributed by atoms with van der Waals surface area (Å²) in [5.41, 5.74) is 3.80. The summed E-state index contributed by atoms with van der Waals surface area (Å²) in [6.07, 6.45) is 3.34. The highest BCUT2D eigenvalue weighted by Crippen LogP contribution is 2.30. The van der Waals surface area contributed by atoms with Gasteiger partial charge in [0.25, 0.3) is 5.91 Å². The fourth-order valence-electron chi connectivity index (χ4n) is 5.71. The quantitative estimate of drug-likeness (QED) is 0.0748. The SMILES string of the molecule is COC(=O)C(Cc1ccc(OCCCN(CC2CC2)C(=O)c2ccc3ccccc3n2)cc1)Nc1ccccc1C(=O)c1ccccc1. The zero-order valence-corrected chi connectivity index (χ0v) is 27.0.